The molecular weight excluding hydrogens is 240 g/mol. The van der Waals surface area contributed by atoms with E-state index in [0.29, 0.717) is 5.88 Å². The van der Waals surface area contributed by atoms with E-state index in [1.54, 1.807) is 7.11 Å². The third-order valence-electron chi connectivity index (χ3n) is 2.99. The summed E-state index contributed by atoms with van der Waals surface area (Å²) >= 11 is 0. The molecule has 0 saturated carbocycles. The SMILES string of the molecule is CCNC(Cc1ccc(OC)nc1)c1ccn(C)n1. The van der Waals surface area contributed by atoms with Crippen LogP contribution in [0.4, 0.5) is 0 Å². The van der Waals surface area contributed by atoms with Crippen LogP contribution < -0.4 is 10.1 Å². The molecule has 2 heterocycles. The Hall–Kier alpha value is -1.88. The number of rotatable bonds is 6. The van der Waals surface area contributed by atoms with Gasteiger partial charge in [0.2, 0.25) is 5.88 Å². The number of aromatic nitrogens is 3. The summed E-state index contributed by atoms with van der Waals surface area (Å²) in [5.74, 6) is 0.640. The second kappa shape index (κ2) is 6.33. The maximum absolute atomic E-state index is 5.07. The lowest BCUT2D eigenvalue weighted by Gasteiger charge is -2.15. The largest absolute Gasteiger partial charge is 0.481 e. The molecule has 2 aromatic heterocycles. The number of methoxy groups -OCH3 is 1. The topological polar surface area (TPSA) is 52.0 Å². The van der Waals surface area contributed by atoms with Gasteiger partial charge in [-0.1, -0.05) is 13.0 Å². The molecule has 0 aliphatic carbocycles. The van der Waals surface area contributed by atoms with Crippen LogP contribution in [0.3, 0.4) is 0 Å². The maximum atomic E-state index is 5.07. The predicted molar refractivity (Wildman–Crippen MR) is 74.1 cm³/mol. The summed E-state index contributed by atoms with van der Waals surface area (Å²) in [5, 5.41) is 7.92. The second-order valence-electron chi connectivity index (χ2n) is 4.44. The van der Waals surface area contributed by atoms with Crippen LogP contribution in [0.2, 0.25) is 0 Å². The van der Waals surface area contributed by atoms with Crippen molar-refractivity contribution < 1.29 is 4.74 Å². The average Bonchev–Trinajstić information content (AvgIpc) is 2.86. The van der Waals surface area contributed by atoms with Gasteiger partial charge in [-0.15, -0.1) is 0 Å². The number of likely N-dealkylation sites (N-methyl/N-ethyl adjacent to an activating group) is 1. The Balaban J connectivity index is 2.11. The van der Waals surface area contributed by atoms with Crippen molar-refractivity contribution in [1.82, 2.24) is 20.1 Å². The van der Waals surface area contributed by atoms with Crippen LogP contribution in [0.1, 0.15) is 24.2 Å². The highest BCUT2D eigenvalue weighted by atomic mass is 16.5. The summed E-state index contributed by atoms with van der Waals surface area (Å²) < 4.78 is 6.89. The third kappa shape index (κ3) is 3.54. The molecule has 0 amide bonds. The van der Waals surface area contributed by atoms with Crippen LogP contribution in [0.5, 0.6) is 5.88 Å². The molecule has 0 aromatic carbocycles. The molecule has 1 atom stereocenters. The summed E-state index contributed by atoms with van der Waals surface area (Å²) in [7, 11) is 3.55. The van der Waals surface area contributed by atoms with Crippen molar-refractivity contribution in [2.75, 3.05) is 13.7 Å². The Morgan fingerprint density at radius 1 is 1.37 bits per heavy atom. The minimum absolute atomic E-state index is 0.210. The molecule has 0 aliphatic rings. The minimum atomic E-state index is 0.210. The lowest BCUT2D eigenvalue weighted by molar-refractivity contribution is 0.397. The van der Waals surface area contributed by atoms with Crippen LogP contribution in [-0.2, 0) is 13.5 Å². The van der Waals surface area contributed by atoms with E-state index in [1.165, 1.54) is 0 Å². The van der Waals surface area contributed by atoms with Gasteiger partial charge in [-0.3, -0.25) is 4.68 Å². The fourth-order valence-corrected chi connectivity index (χ4v) is 2.03. The number of nitrogens with one attached hydrogen (secondary N) is 1. The molecule has 102 valence electrons. The summed E-state index contributed by atoms with van der Waals surface area (Å²) in [4.78, 5) is 4.23. The van der Waals surface area contributed by atoms with Crippen molar-refractivity contribution in [3.8, 4) is 5.88 Å². The zero-order chi connectivity index (χ0) is 13.7. The quantitative estimate of drug-likeness (QED) is 0.859. The number of hydrogen-bond acceptors (Lipinski definition) is 4. The molecule has 0 aliphatic heterocycles. The molecule has 19 heavy (non-hydrogen) atoms. The normalized spacial score (nSPS) is 12.4. The first-order valence-corrected chi connectivity index (χ1v) is 6.44. The van der Waals surface area contributed by atoms with Crippen LogP contribution in [-0.4, -0.2) is 28.4 Å². The van der Waals surface area contributed by atoms with E-state index in [-0.39, 0.29) is 6.04 Å². The zero-order valence-corrected chi connectivity index (χ0v) is 11.6. The highest BCUT2D eigenvalue weighted by molar-refractivity contribution is 5.20. The highest BCUT2D eigenvalue weighted by Gasteiger charge is 2.14. The molecule has 1 N–H and O–H groups in total. The lowest BCUT2D eigenvalue weighted by atomic mass is 10.1. The Morgan fingerprint density at radius 3 is 2.74 bits per heavy atom. The molecular formula is C14H20N4O. The van der Waals surface area contributed by atoms with Crippen LogP contribution in [0.25, 0.3) is 0 Å². The number of aryl methyl sites for hydroxylation is 1. The maximum Gasteiger partial charge on any atom is 0.212 e. The minimum Gasteiger partial charge on any atom is -0.481 e. The number of pyridine rings is 1. The molecule has 0 radical (unpaired) electrons. The Bertz CT molecular complexity index is 506. The van der Waals surface area contributed by atoms with E-state index in [9.17, 15) is 0 Å². The van der Waals surface area contributed by atoms with Gasteiger partial charge in [-0.25, -0.2) is 4.98 Å². The van der Waals surface area contributed by atoms with Gasteiger partial charge >= 0.3 is 0 Å². The molecule has 2 rings (SSSR count). The Morgan fingerprint density at radius 2 is 2.21 bits per heavy atom. The van der Waals surface area contributed by atoms with E-state index in [0.717, 1.165) is 24.2 Å². The molecule has 0 bridgehead atoms. The lowest BCUT2D eigenvalue weighted by Crippen LogP contribution is -2.23. The standard InChI is InChI=1S/C14H20N4O/c1-4-15-13(12-7-8-18(2)17-12)9-11-5-6-14(19-3)16-10-11/h5-8,10,13,15H,4,9H2,1-3H3. The number of hydrogen-bond donors (Lipinski definition) is 1. The van der Waals surface area contributed by atoms with Crippen LogP contribution >= 0.6 is 0 Å². The Kier molecular flexibility index (Phi) is 4.52. The first kappa shape index (κ1) is 13.5. The van der Waals surface area contributed by atoms with E-state index in [2.05, 4.69) is 22.3 Å². The van der Waals surface area contributed by atoms with E-state index in [1.807, 2.05) is 42.3 Å². The van der Waals surface area contributed by atoms with Gasteiger partial charge in [-0.05, 0) is 24.6 Å². The van der Waals surface area contributed by atoms with Crippen molar-refractivity contribution in [3.63, 3.8) is 0 Å². The average molecular weight is 260 g/mol. The van der Waals surface area contributed by atoms with Crippen LogP contribution in [0, 0.1) is 0 Å². The van der Waals surface area contributed by atoms with Crippen molar-refractivity contribution >= 4 is 0 Å². The fourth-order valence-electron chi connectivity index (χ4n) is 2.03. The molecule has 1 unspecified atom stereocenters. The molecule has 2 aromatic rings. The molecule has 5 heteroatoms. The van der Waals surface area contributed by atoms with Crippen molar-refractivity contribution in [3.05, 3.63) is 41.9 Å². The number of nitrogens with zero attached hydrogens (tertiary/aromatic N) is 3. The summed E-state index contributed by atoms with van der Waals surface area (Å²) in [6, 6.07) is 6.18. The monoisotopic (exact) mass is 260 g/mol. The molecule has 0 spiro atoms. The van der Waals surface area contributed by atoms with E-state index in [4.69, 9.17) is 4.74 Å². The Labute approximate surface area is 113 Å². The summed E-state index contributed by atoms with van der Waals surface area (Å²) in [5.41, 5.74) is 2.22. The second-order valence-corrected chi connectivity index (χ2v) is 4.44. The van der Waals surface area contributed by atoms with Crippen molar-refractivity contribution in [2.24, 2.45) is 7.05 Å². The molecule has 0 saturated heterocycles. The summed E-state index contributed by atoms with van der Waals surface area (Å²) in [6.45, 7) is 3.01. The highest BCUT2D eigenvalue weighted by Crippen LogP contribution is 2.17. The first-order chi connectivity index (χ1) is 9.22. The van der Waals surface area contributed by atoms with Gasteiger partial charge in [0.25, 0.3) is 0 Å². The zero-order valence-electron chi connectivity index (χ0n) is 11.6. The van der Waals surface area contributed by atoms with Crippen molar-refractivity contribution in [1.29, 1.82) is 0 Å². The van der Waals surface area contributed by atoms with Gasteiger partial charge < -0.3 is 10.1 Å². The van der Waals surface area contributed by atoms with Crippen LogP contribution in [0.15, 0.2) is 30.6 Å². The first-order valence-electron chi connectivity index (χ1n) is 6.44. The predicted octanol–water partition coefficient (Wildman–Crippen LogP) is 1.72. The fraction of sp³-hybridized carbons (Fsp3) is 0.429. The van der Waals surface area contributed by atoms with Gasteiger partial charge in [0.1, 0.15) is 0 Å². The molecule has 5 nitrogen and oxygen atoms in total. The van der Waals surface area contributed by atoms with Crippen molar-refractivity contribution in [2.45, 2.75) is 19.4 Å². The van der Waals surface area contributed by atoms with E-state index >= 15 is 0 Å². The van der Waals surface area contributed by atoms with Gasteiger partial charge in [0.05, 0.1) is 18.8 Å². The molecule has 0 fully saturated rings. The smallest absolute Gasteiger partial charge is 0.212 e. The summed E-state index contributed by atoms with van der Waals surface area (Å²) in [6.07, 6.45) is 4.68. The third-order valence-corrected chi connectivity index (χ3v) is 2.99. The van der Waals surface area contributed by atoms with Gasteiger partial charge in [0, 0.05) is 25.5 Å². The number of ether oxygens (including phenoxy) is 1. The van der Waals surface area contributed by atoms with E-state index < -0.39 is 0 Å². The van der Waals surface area contributed by atoms with Gasteiger partial charge in [0.15, 0.2) is 0 Å². The van der Waals surface area contributed by atoms with Gasteiger partial charge in [-0.2, -0.15) is 5.10 Å².